The molecule has 0 aromatic rings. The molecule has 1 fully saturated rings. The average Bonchev–Trinajstić information content (AvgIpc) is 2.44. The maximum atomic E-state index is 6.26. The summed E-state index contributed by atoms with van der Waals surface area (Å²) in [6.45, 7) is 4.69. The Morgan fingerprint density at radius 3 is 1.95 bits per heavy atom. The molecule has 0 heterocycles. The van der Waals surface area contributed by atoms with Gasteiger partial charge in [-0.25, -0.2) is 0 Å². The Balaban J connectivity index is 1.86. The molecule has 3 unspecified atom stereocenters. The summed E-state index contributed by atoms with van der Waals surface area (Å²) >= 11 is 0. The summed E-state index contributed by atoms with van der Waals surface area (Å²) in [5.41, 5.74) is 6.26. The maximum Gasteiger partial charge on any atom is 0.00673 e. The summed E-state index contributed by atoms with van der Waals surface area (Å²) in [7, 11) is 0. The molecule has 0 radical (unpaired) electrons. The van der Waals surface area contributed by atoms with Gasteiger partial charge < -0.3 is 5.73 Å². The van der Waals surface area contributed by atoms with Crippen LogP contribution in [0.2, 0.25) is 0 Å². The second-order valence-corrected chi connectivity index (χ2v) is 7.31. The summed E-state index contributed by atoms with van der Waals surface area (Å²) in [6.07, 6.45) is 19.8. The Morgan fingerprint density at radius 2 is 1.35 bits per heavy atom. The van der Waals surface area contributed by atoms with E-state index >= 15 is 0 Å². The van der Waals surface area contributed by atoms with Crippen LogP contribution in [0, 0.1) is 11.8 Å². The molecule has 1 rings (SSSR count). The molecule has 1 aliphatic rings. The molecule has 1 aliphatic carbocycles. The van der Waals surface area contributed by atoms with E-state index in [1.165, 1.54) is 89.9 Å². The van der Waals surface area contributed by atoms with Crippen molar-refractivity contribution in [2.75, 3.05) is 0 Å². The first-order valence-corrected chi connectivity index (χ1v) is 9.49. The molecule has 1 nitrogen and oxygen atoms in total. The smallest absolute Gasteiger partial charge is 0.00673 e. The summed E-state index contributed by atoms with van der Waals surface area (Å²) in [5, 5.41) is 0. The van der Waals surface area contributed by atoms with Crippen molar-refractivity contribution in [2.45, 2.75) is 110 Å². The first-order valence-electron chi connectivity index (χ1n) is 9.49. The van der Waals surface area contributed by atoms with Crippen molar-refractivity contribution in [1.29, 1.82) is 0 Å². The van der Waals surface area contributed by atoms with Crippen molar-refractivity contribution in [1.82, 2.24) is 0 Å². The molecule has 0 bridgehead atoms. The van der Waals surface area contributed by atoms with Crippen molar-refractivity contribution in [3.63, 3.8) is 0 Å². The van der Waals surface area contributed by atoms with Gasteiger partial charge in [0.15, 0.2) is 0 Å². The van der Waals surface area contributed by atoms with E-state index < -0.39 is 0 Å². The summed E-state index contributed by atoms with van der Waals surface area (Å²) in [5.74, 6) is 1.75. The van der Waals surface area contributed by atoms with Crippen LogP contribution in [-0.4, -0.2) is 6.04 Å². The SMILES string of the molecule is CCCCCCCCCCCCC1CC(C)CCC1N. The molecular weight excluding hydrogens is 242 g/mol. The zero-order valence-corrected chi connectivity index (χ0v) is 14.2. The quantitative estimate of drug-likeness (QED) is 0.458. The zero-order chi connectivity index (χ0) is 14.6. The number of rotatable bonds is 11. The van der Waals surface area contributed by atoms with E-state index in [9.17, 15) is 0 Å². The lowest BCUT2D eigenvalue weighted by Crippen LogP contribution is -2.35. The summed E-state index contributed by atoms with van der Waals surface area (Å²) in [4.78, 5) is 0. The number of hydrogen-bond donors (Lipinski definition) is 1. The highest BCUT2D eigenvalue weighted by Crippen LogP contribution is 2.31. The maximum absolute atomic E-state index is 6.26. The second-order valence-electron chi connectivity index (χ2n) is 7.31. The van der Waals surface area contributed by atoms with Crippen LogP contribution in [0.25, 0.3) is 0 Å². The zero-order valence-electron chi connectivity index (χ0n) is 14.2. The molecule has 120 valence electrons. The molecule has 1 heteroatoms. The molecule has 0 amide bonds. The van der Waals surface area contributed by atoms with E-state index in [1.54, 1.807) is 0 Å². The third kappa shape index (κ3) is 8.29. The van der Waals surface area contributed by atoms with Crippen molar-refractivity contribution in [3.05, 3.63) is 0 Å². The molecule has 0 aromatic carbocycles. The molecular formula is C19H39N. The van der Waals surface area contributed by atoms with E-state index in [-0.39, 0.29) is 0 Å². The van der Waals surface area contributed by atoms with E-state index in [0.717, 1.165) is 11.8 Å². The predicted molar refractivity (Wildman–Crippen MR) is 90.9 cm³/mol. The number of unbranched alkanes of at least 4 members (excludes halogenated alkanes) is 9. The van der Waals surface area contributed by atoms with Crippen molar-refractivity contribution in [3.8, 4) is 0 Å². The first kappa shape index (κ1) is 18.0. The highest BCUT2D eigenvalue weighted by molar-refractivity contribution is 4.80. The van der Waals surface area contributed by atoms with Gasteiger partial charge in [-0.3, -0.25) is 0 Å². The van der Waals surface area contributed by atoms with Gasteiger partial charge in [0, 0.05) is 6.04 Å². The minimum Gasteiger partial charge on any atom is -0.327 e. The van der Waals surface area contributed by atoms with E-state index in [4.69, 9.17) is 5.73 Å². The predicted octanol–water partition coefficient (Wildman–Crippen LogP) is 6.06. The lowest BCUT2D eigenvalue weighted by Gasteiger charge is -2.32. The first-order chi connectivity index (χ1) is 9.74. The molecule has 20 heavy (non-hydrogen) atoms. The van der Waals surface area contributed by atoms with E-state index in [0.29, 0.717) is 6.04 Å². The number of nitrogens with two attached hydrogens (primary N) is 1. The van der Waals surface area contributed by atoms with E-state index in [2.05, 4.69) is 13.8 Å². The molecule has 1 saturated carbocycles. The van der Waals surface area contributed by atoms with Crippen LogP contribution in [-0.2, 0) is 0 Å². The minimum atomic E-state index is 0.504. The van der Waals surface area contributed by atoms with Crippen LogP contribution < -0.4 is 5.73 Å². The third-order valence-corrected chi connectivity index (χ3v) is 5.23. The molecule has 3 atom stereocenters. The second kappa shape index (κ2) is 11.6. The van der Waals surface area contributed by atoms with Gasteiger partial charge in [-0.2, -0.15) is 0 Å². The molecule has 0 saturated heterocycles. The summed E-state index contributed by atoms with van der Waals surface area (Å²) < 4.78 is 0. The van der Waals surface area contributed by atoms with Crippen LogP contribution in [0.4, 0.5) is 0 Å². The third-order valence-electron chi connectivity index (χ3n) is 5.23. The molecule has 0 aliphatic heterocycles. The van der Waals surface area contributed by atoms with E-state index in [1.807, 2.05) is 0 Å². The van der Waals surface area contributed by atoms with Gasteiger partial charge >= 0.3 is 0 Å². The fourth-order valence-electron chi connectivity index (χ4n) is 3.75. The van der Waals surface area contributed by atoms with Crippen molar-refractivity contribution >= 4 is 0 Å². The minimum absolute atomic E-state index is 0.504. The van der Waals surface area contributed by atoms with Crippen LogP contribution >= 0.6 is 0 Å². The topological polar surface area (TPSA) is 26.0 Å². The van der Waals surface area contributed by atoms with Gasteiger partial charge in [0.2, 0.25) is 0 Å². The van der Waals surface area contributed by atoms with Gasteiger partial charge in [-0.15, -0.1) is 0 Å². The van der Waals surface area contributed by atoms with Crippen LogP contribution in [0.3, 0.4) is 0 Å². The largest absolute Gasteiger partial charge is 0.327 e. The van der Waals surface area contributed by atoms with Crippen molar-refractivity contribution in [2.24, 2.45) is 17.6 Å². The van der Waals surface area contributed by atoms with Crippen molar-refractivity contribution < 1.29 is 0 Å². The Labute approximate surface area is 128 Å². The Kier molecular flexibility index (Phi) is 10.4. The summed E-state index contributed by atoms with van der Waals surface area (Å²) in [6, 6.07) is 0.504. The molecule has 0 spiro atoms. The Morgan fingerprint density at radius 1 is 0.800 bits per heavy atom. The van der Waals surface area contributed by atoms with Gasteiger partial charge in [0.1, 0.15) is 0 Å². The van der Waals surface area contributed by atoms with Crippen LogP contribution in [0.1, 0.15) is 104 Å². The average molecular weight is 282 g/mol. The van der Waals surface area contributed by atoms with Crippen LogP contribution in [0.15, 0.2) is 0 Å². The van der Waals surface area contributed by atoms with Gasteiger partial charge in [-0.1, -0.05) is 78.1 Å². The lowest BCUT2D eigenvalue weighted by molar-refractivity contribution is 0.229. The molecule has 2 N–H and O–H groups in total. The van der Waals surface area contributed by atoms with Gasteiger partial charge in [-0.05, 0) is 37.5 Å². The fourth-order valence-corrected chi connectivity index (χ4v) is 3.75. The van der Waals surface area contributed by atoms with Gasteiger partial charge in [0.25, 0.3) is 0 Å². The van der Waals surface area contributed by atoms with Crippen LogP contribution in [0.5, 0.6) is 0 Å². The number of hydrogen-bond acceptors (Lipinski definition) is 1. The normalized spacial score (nSPS) is 26.9. The Hall–Kier alpha value is -0.0400. The highest BCUT2D eigenvalue weighted by atomic mass is 14.7. The molecule has 0 aromatic heterocycles. The lowest BCUT2D eigenvalue weighted by atomic mass is 9.77. The fraction of sp³-hybridized carbons (Fsp3) is 1.00. The monoisotopic (exact) mass is 281 g/mol. The highest BCUT2D eigenvalue weighted by Gasteiger charge is 2.25. The Bertz CT molecular complexity index is 214. The van der Waals surface area contributed by atoms with Gasteiger partial charge in [0.05, 0.1) is 0 Å². The standard InChI is InChI=1S/C19H39N/c1-3-4-5-6-7-8-9-10-11-12-13-18-16-17(2)14-15-19(18)20/h17-19H,3-16,20H2,1-2H3.